The lowest BCUT2D eigenvalue weighted by Gasteiger charge is -2.23. The summed E-state index contributed by atoms with van der Waals surface area (Å²) in [6, 6.07) is 21.3. The molecule has 0 aromatic heterocycles. The van der Waals surface area contributed by atoms with E-state index in [1.54, 1.807) is 0 Å². The Kier molecular flexibility index (Phi) is 6.80. The third-order valence-electron chi connectivity index (χ3n) is 4.81. The maximum Gasteiger partial charge on any atom is 0.170 e. The van der Waals surface area contributed by atoms with Crippen LogP contribution in [-0.2, 0) is 0 Å². The fourth-order valence-corrected chi connectivity index (χ4v) is 3.00. The van der Waals surface area contributed by atoms with Gasteiger partial charge in [-0.25, -0.2) is 0 Å². The number of rotatable bonds is 7. The highest BCUT2D eigenvalue weighted by molar-refractivity contribution is 5.50. The Labute approximate surface area is 179 Å². The smallest absolute Gasteiger partial charge is 0.170 e. The topological polar surface area (TPSA) is 50.7 Å². The Bertz CT molecular complexity index is 992. The Hall–Kier alpha value is -2.82. The quantitative estimate of drug-likeness (QED) is 0.484. The minimum absolute atomic E-state index is 0.0741. The molecule has 0 heterocycles. The van der Waals surface area contributed by atoms with Gasteiger partial charge in [0.05, 0.1) is 6.10 Å². The van der Waals surface area contributed by atoms with E-state index in [0.29, 0.717) is 18.0 Å². The molecule has 0 saturated heterocycles. The molecule has 0 bridgehead atoms. The van der Waals surface area contributed by atoms with Crippen LogP contribution in [0.4, 0.5) is 0 Å². The average Bonchev–Trinajstić information content (AvgIpc) is 2.70. The Morgan fingerprint density at radius 3 is 1.83 bits per heavy atom. The van der Waals surface area contributed by atoms with Gasteiger partial charge in [-0.15, -0.1) is 0 Å². The lowest BCUT2D eigenvalue weighted by Crippen LogP contribution is -2.38. The van der Waals surface area contributed by atoms with Crippen molar-refractivity contribution in [1.29, 1.82) is 0 Å². The van der Waals surface area contributed by atoms with E-state index in [-0.39, 0.29) is 5.54 Å². The number of benzene rings is 3. The van der Waals surface area contributed by atoms with Crippen molar-refractivity contribution in [2.45, 2.75) is 46.3 Å². The standard InChI is InChI=1S/C26H31NO3/c1-18-10-6-8-12-22(18)29-24-15-14-20(21(28)17-27-26(3,4)5)16-25(24)30-23-13-9-7-11-19(23)2/h6-16,21,27-28H,17H2,1-5H3. The van der Waals surface area contributed by atoms with E-state index < -0.39 is 6.10 Å². The molecule has 0 aliphatic heterocycles. The summed E-state index contributed by atoms with van der Waals surface area (Å²) in [5.74, 6) is 2.70. The minimum atomic E-state index is -0.657. The molecule has 0 amide bonds. The van der Waals surface area contributed by atoms with Crippen LogP contribution >= 0.6 is 0 Å². The Balaban J connectivity index is 1.93. The number of aliphatic hydroxyl groups is 1. The third kappa shape index (κ3) is 5.85. The second-order valence-corrected chi connectivity index (χ2v) is 8.59. The zero-order valence-electron chi connectivity index (χ0n) is 18.4. The van der Waals surface area contributed by atoms with Gasteiger partial charge in [-0.1, -0.05) is 42.5 Å². The number of aliphatic hydroxyl groups excluding tert-OH is 1. The van der Waals surface area contributed by atoms with Gasteiger partial charge in [0.15, 0.2) is 11.5 Å². The molecular formula is C26H31NO3. The predicted molar refractivity (Wildman–Crippen MR) is 122 cm³/mol. The van der Waals surface area contributed by atoms with Gasteiger partial charge in [0.1, 0.15) is 11.5 Å². The van der Waals surface area contributed by atoms with Crippen LogP contribution in [0.1, 0.15) is 43.6 Å². The van der Waals surface area contributed by atoms with Crippen molar-refractivity contribution >= 4 is 0 Å². The van der Waals surface area contributed by atoms with Crippen LogP contribution < -0.4 is 14.8 Å². The second kappa shape index (κ2) is 9.33. The van der Waals surface area contributed by atoms with Crippen LogP contribution in [0.15, 0.2) is 66.7 Å². The van der Waals surface area contributed by atoms with Crippen LogP contribution in [0.2, 0.25) is 0 Å². The number of hydrogen-bond donors (Lipinski definition) is 2. The number of β-amino-alcohol motifs (C(OH)–C–C–N with tert-alkyl or cyclic N) is 1. The van der Waals surface area contributed by atoms with Gasteiger partial charge in [-0.05, 0) is 75.6 Å². The normalized spacial score (nSPS) is 12.5. The van der Waals surface area contributed by atoms with Crippen molar-refractivity contribution in [1.82, 2.24) is 5.32 Å². The Morgan fingerprint density at radius 1 is 0.767 bits per heavy atom. The number of hydrogen-bond acceptors (Lipinski definition) is 4. The van der Waals surface area contributed by atoms with E-state index >= 15 is 0 Å². The van der Waals surface area contributed by atoms with E-state index in [1.807, 2.05) is 80.6 Å². The SMILES string of the molecule is Cc1ccccc1Oc1ccc(C(O)CNC(C)(C)C)cc1Oc1ccccc1C. The molecule has 1 atom stereocenters. The first-order valence-corrected chi connectivity index (χ1v) is 10.3. The third-order valence-corrected chi connectivity index (χ3v) is 4.81. The largest absolute Gasteiger partial charge is 0.453 e. The van der Waals surface area contributed by atoms with Crippen molar-refractivity contribution in [3.05, 3.63) is 83.4 Å². The number of ether oxygens (including phenoxy) is 2. The molecule has 1 unspecified atom stereocenters. The summed E-state index contributed by atoms with van der Waals surface area (Å²) < 4.78 is 12.4. The number of nitrogens with one attached hydrogen (secondary N) is 1. The summed E-state index contributed by atoms with van der Waals surface area (Å²) in [6.45, 7) is 10.7. The van der Waals surface area contributed by atoms with E-state index in [1.165, 1.54) is 0 Å². The van der Waals surface area contributed by atoms with Gasteiger partial charge in [-0.2, -0.15) is 0 Å². The number of para-hydroxylation sites is 2. The fraction of sp³-hybridized carbons (Fsp3) is 0.308. The summed E-state index contributed by atoms with van der Waals surface area (Å²) in [5, 5.41) is 14.0. The molecule has 2 N–H and O–H groups in total. The summed E-state index contributed by atoms with van der Waals surface area (Å²) in [7, 11) is 0. The summed E-state index contributed by atoms with van der Waals surface area (Å²) in [4.78, 5) is 0. The highest BCUT2D eigenvalue weighted by atomic mass is 16.5. The molecule has 4 nitrogen and oxygen atoms in total. The summed E-state index contributed by atoms with van der Waals surface area (Å²) in [5.41, 5.74) is 2.76. The van der Waals surface area contributed by atoms with Gasteiger partial charge < -0.3 is 19.9 Å². The highest BCUT2D eigenvalue weighted by Crippen LogP contribution is 2.38. The zero-order chi connectivity index (χ0) is 21.7. The van der Waals surface area contributed by atoms with E-state index in [9.17, 15) is 5.11 Å². The van der Waals surface area contributed by atoms with E-state index in [2.05, 4.69) is 26.1 Å². The molecule has 4 heteroatoms. The van der Waals surface area contributed by atoms with E-state index in [0.717, 1.165) is 28.2 Å². The minimum Gasteiger partial charge on any atom is -0.453 e. The van der Waals surface area contributed by atoms with E-state index in [4.69, 9.17) is 9.47 Å². The van der Waals surface area contributed by atoms with Crippen LogP contribution in [-0.4, -0.2) is 17.2 Å². The molecule has 0 spiro atoms. The van der Waals surface area contributed by atoms with Crippen LogP contribution in [0.5, 0.6) is 23.0 Å². The van der Waals surface area contributed by atoms with Crippen molar-refractivity contribution < 1.29 is 14.6 Å². The molecule has 3 aromatic rings. The lowest BCUT2D eigenvalue weighted by atomic mass is 10.1. The van der Waals surface area contributed by atoms with Crippen molar-refractivity contribution in [3.8, 4) is 23.0 Å². The maximum absolute atomic E-state index is 10.7. The molecule has 0 saturated carbocycles. The zero-order valence-corrected chi connectivity index (χ0v) is 18.4. The van der Waals surface area contributed by atoms with Crippen LogP contribution in [0, 0.1) is 13.8 Å². The average molecular weight is 406 g/mol. The fourth-order valence-electron chi connectivity index (χ4n) is 3.00. The van der Waals surface area contributed by atoms with Gasteiger partial charge in [0.25, 0.3) is 0 Å². The first-order chi connectivity index (χ1) is 14.2. The summed E-state index contributed by atoms with van der Waals surface area (Å²) in [6.07, 6.45) is -0.657. The molecule has 158 valence electrons. The first-order valence-electron chi connectivity index (χ1n) is 10.3. The molecule has 0 aliphatic carbocycles. The molecule has 0 radical (unpaired) electrons. The molecule has 0 fully saturated rings. The monoisotopic (exact) mass is 405 g/mol. The van der Waals surface area contributed by atoms with Gasteiger partial charge in [0.2, 0.25) is 0 Å². The van der Waals surface area contributed by atoms with Crippen LogP contribution in [0.25, 0.3) is 0 Å². The van der Waals surface area contributed by atoms with Crippen molar-refractivity contribution in [3.63, 3.8) is 0 Å². The lowest BCUT2D eigenvalue weighted by molar-refractivity contribution is 0.163. The van der Waals surface area contributed by atoms with Crippen LogP contribution in [0.3, 0.4) is 0 Å². The predicted octanol–water partition coefficient (Wildman–Crippen LogP) is 6.31. The Morgan fingerprint density at radius 2 is 1.30 bits per heavy atom. The number of aryl methyl sites for hydroxylation is 2. The summed E-state index contributed by atoms with van der Waals surface area (Å²) >= 11 is 0. The van der Waals surface area contributed by atoms with Crippen molar-refractivity contribution in [2.24, 2.45) is 0 Å². The second-order valence-electron chi connectivity index (χ2n) is 8.59. The van der Waals surface area contributed by atoms with Gasteiger partial charge >= 0.3 is 0 Å². The molecular weight excluding hydrogens is 374 g/mol. The van der Waals surface area contributed by atoms with Gasteiger partial charge in [0, 0.05) is 12.1 Å². The molecule has 3 rings (SSSR count). The molecule has 3 aromatic carbocycles. The molecule has 30 heavy (non-hydrogen) atoms. The molecule has 0 aliphatic rings. The first kappa shape index (κ1) is 21.9. The highest BCUT2D eigenvalue weighted by Gasteiger charge is 2.17. The maximum atomic E-state index is 10.7. The van der Waals surface area contributed by atoms with Crippen molar-refractivity contribution in [2.75, 3.05) is 6.54 Å². The van der Waals surface area contributed by atoms with Gasteiger partial charge in [-0.3, -0.25) is 0 Å².